The summed E-state index contributed by atoms with van der Waals surface area (Å²) in [6.45, 7) is 14.1. The van der Waals surface area contributed by atoms with Gasteiger partial charge in [-0.05, 0) is 58.8 Å². The van der Waals surface area contributed by atoms with Gasteiger partial charge in [0.05, 0.1) is 11.7 Å². The van der Waals surface area contributed by atoms with Gasteiger partial charge in [-0.15, -0.1) is 0 Å². The van der Waals surface area contributed by atoms with E-state index in [0.29, 0.717) is 19.5 Å². The zero-order valence-corrected chi connectivity index (χ0v) is 20.4. The second-order valence-corrected chi connectivity index (χ2v) is 8.90. The molecule has 0 aliphatic carbocycles. The van der Waals surface area contributed by atoms with Gasteiger partial charge in [0.2, 0.25) is 0 Å². The van der Waals surface area contributed by atoms with E-state index >= 15 is 0 Å². The first kappa shape index (κ1) is 28.5. The van der Waals surface area contributed by atoms with E-state index in [4.69, 9.17) is 14.2 Å². The lowest BCUT2D eigenvalue weighted by Crippen LogP contribution is -2.42. The lowest BCUT2D eigenvalue weighted by molar-refractivity contribution is -0.0797. The number of hydrogen-bond acceptors (Lipinski definition) is 6. The number of carbonyl (C=O) groups is 2. The van der Waals surface area contributed by atoms with Gasteiger partial charge in [-0.2, -0.15) is 0 Å². The largest absolute Gasteiger partial charge is 0.446 e. The molecule has 2 N–H and O–H groups in total. The molecule has 0 radical (unpaired) electrons. The Bertz CT molecular complexity index is 512. The molecule has 30 heavy (non-hydrogen) atoms. The predicted octanol–water partition coefficient (Wildman–Crippen LogP) is 3.81. The standard InChI is InChI=1S/C22H44N2O6/c1-15(2)17(4)29-20(25)23-13-10-11-16(3)18(5)30-21(26)24(8)14-12-22(7,27)19(6)28-9/h15-19,27H,10-14H2,1-9H3,(H,23,25). The van der Waals surface area contributed by atoms with Crippen molar-refractivity contribution < 1.29 is 28.9 Å². The van der Waals surface area contributed by atoms with E-state index in [0.717, 1.165) is 12.8 Å². The van der Waals surface area contributed by atoms with Gasteiger partial charge in [0.25, 0.3) is 0 Å². The van der Waals surface area contributed by atoms with Gasteiger partial charge in [0.15, 0.2) is 0 Å². The summed E-state index contributed by atoms with van der Waals surface area (Å²) in [5.74, 6) is 0.422. The SMILES string of the molecule is COC(C)C(C)(O)CCN(C)C(=O)OC(C)C(C)CCCNC(=O)OC(C)C(C)C. The van der Waals surface area contributed by atoms with E-state index in [1.54, 1.807) is 28.0 Å². The minimum absolute atomic E-state index is 0.123. The van der Waals surface area contributed by atoms with Gasteiger partial charge >= 0.3 is 12.2 Å². The third-order valence-electron chi connectivity index (χ3n) is 5.92. The molecule has 0 aliphatic rings. The fraction of sp³-hybridized carbons (Fsp3) is 0.909. The quantitative estimate of drug-likeness (QED) is 0.430. The average Bonchev–Trinajstić information content (AvgIpc) is 2.67. The van der Waals surface area contributed by atoms with E-state index in [1.165, 1.54) is 4.90 Å². The van der Waals surface area contributed by atoms with Crippen molar-refractivity contribution in [2.45, 2.75) is 91.6 Å². The number of aliphatic hydroxyl groups is 1. The van der Waals surface area contributed by atoms with Crippen LogP contribution in [0.15, 0.2) is 0 Å². The molecule has 8 heteroatoms. The number of hydrogen-bond donors (Lipinski definition) is 2. The highest BCUT2D eigenvalue weighted by Crippen LogP contribution is 2.19. The van der Waals surface area contributed by atoms with E-state index in [9.17, 15) is 14.7 Å². The first-order chi connectivity index (χ1) is 13.8. The Morgan fingerprint density at radius 2 is 1.67 bits per heavy atom. The number of amides is 2. The third kappa shape index (κ3) is 11.0. The monoisotopic (exact) mass is 432 g/mol. The van der Waals surface area contributed by atoms with Crippen molar-refractivity contribution in [2.24, 2.45) is 11.8 Å². The second-order valence-electron chi connectivity index (χ2n) is 8.90. The summed E-state index contributed by atoms with van der Waals surface area (Å²) in [6.07, 6.45) is 0.422. The number of rotatable bonds is 13. The molecule has 0 aromatic heterocycles. The van der Waals surface area contributed by atoms with Crippen molar-refractivity contribution in [3.63, 3.8) is 0 Å². The van der Waals surface area contributed by atoms with Gasteiger partial charge < -0.3 is 29.5 Å². The summed E-state index contributed by atoms with van der Waals surface area (Å²) >= 11 is 0. The molecule has 0 saturated carbocycles. The van der Waals surface area contributed by atoms with E-state index in [1.807, 2.05) is 34.6 Å². The fourth-order valence-corrected chi connectivity index (χ4v) is 2.50. The van der Waals surface area contributed by atoms with Crippen molar-refractivity contribution in [3.05, 3.63) is 0 Å². The summed E-state index contributed by atoms with van der Waals surface area (Å²) in [5, 5.41) is 13.1. The van der Waals surface area contributed by atoms with Crippen molar-refractivity contribution >= 4 is 12.2 Å². The van der Waals surface area contributed by atoms with Crippen LogP contribution in [-0.4, -0.2) is 73.4 Å². The number of ether oxygens (including phenoxy) is 3. The highest BCUT2D eigenvalue weighted by Gasteiger charge is 2.29. The molecule has 0 bridgehead atoms. The number of nitrogens with one attached hydrogen (secondary N) is 1. The van der Waals surface area contributed by atoms with Crippen molar-refractivity contribution in [1.82, 2.24) is 10.2 Å². The highest BCUT2D eigenvalue weighted by atomic mass is 16.6. The Balaban J connectivity index is 4.20. The van der Waals surface area contributed by atoms with Gasteiger partial charge in [0.1, 0.15) is 12.2 Å². The van der Waals surface area contributed by atoms with Crippen LogP contribution in [0.5, 0.6) is 0 Å². The van der Waals surface area contributed by atoms with E-state index in [-0.39, 0.29) is 30.1 Å². The van der Waals surface area contributed by atoms with Crippen LogP contribution in [0, 0.1) is 11.8 Å². The smallest absolute Gasteiger partial charge is 0.409 e. The first-order valence-corrected chi connectivity index (χ1v) is 10.9. The zero-order valence-electron chi connectivity index (χ0n) is 20.4. The minimum Gasteiger partial charge on any atom is -0.446 e. The van der Waals surface area contributed by atoms with Gasteiger partial charge in [-0.25, -0.2) is 9.59 Å². The Kier molecular flexibility index (Phi) is 13.0. The van der Waals surface area contributed by atoms with Crippen LogP contribution in [0.2, 0.25) is 0 Å². The highest BCUT2D eigenvalue weighted by molar-refractivity contribution is 5.67. The fourth-order valence-electron chi connectivity index (χ4n) is 2.50. The molecule has 0 fully saturated rings. The van der Waals surface area contributed by atoms with Crippen LogP contribution in [0.4, 0.5) is 9.59 Å². The number of nitrogens with zero attached hydrogens (tertiary/aromatic N) is 1. The summed E-state index contributed by atoms with van der Waals surface area (Å²) in [6, 6.07) is 0. The normalized spacial score (nSPS) is 17.4. The Morgan fingerprint density at radius 1 is 1.07 bits per heavy atom. The maximum absolute atomic E-state index is 12.3. The van der Waals surface area contributed by atoms with Crippen molar-refractivity contribution in [3.8, 4) is 0 Å². The number of alkyl carbamates (subject to hydrolysis) is 1. The molecule has 0 rings (SSSR count). The van der Waals surface area contributed by atoms with Crippen LogP contribution in [-0.2, 0) is 14.2 Å². The van der Waals surface area contributed by atoms with Gasteiger partial charge in [-0.3, -0.25) is 0 Å². The molecular formula is C22H44N2O6. The van der Waals surface area contributed by atoms with Crippen LogP contribution in [0.1, 0.15) is 67.7 Å². The first-order valence-electron chi connectivity index (χ1n) is 10.9. The summed E-state index contributed by atoms with van der Waals surface area (Å²) in [7, 11) is 3.20. The molecule has 5 atom stereocenters. The Labute approximate surface area is 182 Å². The van der Waals surface area contributed by atoms with Crippen LogP contribution in [0.3, 0.4) is 0 Å². The molecule has 0 spiro atoms. The molecule has 2 amide bonds. The van der Waals surface area contributed by atoms with E-state index < -0.39 is 17.8 Å². The van der Waals surface area contributed by atoms with Gasteiger partial charge in [-0.1, -0.05) is 20.8 Å². The van der Waals surface area contributed by atoms with Crippen LogP contribution in [0.25, 0.3) is 0 Å². The topological polar surface area (TPSA) is 97.3 Å². The maximum atomic E-state index is 12.3. The molecule has 0 heterocycles. The van der Waals surface area contributed by atoms with Crippen molar-refractivity contribution in [1.29, 1.82) is 0 Å². The third-order valence-corrected chi connectivity index (χ3v) is 5.92. The molecular weight excluding hydrogens is 388 g/mol. The second kappa shape index (κ2) is 13.7. The maximum Gasteiger partial charge on any atom is 0.409 e. The molecule has 0 aromatic carbocycles. The molecule has 8 nitrogen and oxygen atoms in total. The molecule has 0 aliphatic heterocycles. The summed E-state index contributed by atoms with van der Waals surface area (Å²) < 4.78 is 16.0. The summed E-state index contributed by atoms with van der Waals surface area (Å²) in [4.78, 5) is 25.5. The van der Waals surface area contributed by atoms with E-state index in [2.05, 4.69) is 5.32 Å². The lowest BCUT2D eigenvalue weighted by Gasteiger charge is -2.31. The van der Waals surface area contributed by atoms with Crippen LogP contribution >= 0.6 is 0 Å². The predicted molar refractivity (Wildman–Crippen MR) is 117 cm³/mol. The molecule has 0 aromatic rings. The van der Waals surface area contributed by atoms with Crippen molar-refractivity contribution in [2.75, 3.05) is 27.2 Å². The van der Waals surface area contributed by atoms with Gasteiger partial charge in [0, 0.05) is 27.2 Å². The molecule has 178 valence electrons. The average molecular weight is 433 g/mol. The summed E-state index contributed by atoms with van der Waals surface area (Å²) in [5.41, 5.74) is -1.02. The zero-order chi connectivity index (χ0) is 23.5. The Hall–Kier alpha value is -1.54. The lowest BCUT2D eigenvalue weighted by atomic mass is 9.96. The number of carbonyl (C=O) groups excluding carboxylic acids is 2. The number of methoxy groups -OCH3 is 1. The molecule has 5 unspecified atom stereocenters. The molecule has 0 saturated heterocycles. The minimum atomic E-state index is -1.02. The van der Waals surface area contributed by atoms with Crippen LogP contribution < -0.4 is 5.32 Å². The Morgan fingerprint density at radius 3 is 2.20 bits per heavy atom.